The Morgan fingerprint density at radius 3 is 2.59 bits per heavy atom. The lowest BCUT2D eigenvalue weighted by Crippen LogP contribution is -2.15. The first-order chi connectivity index (χ1) is 19.1. The first kappa shape index (κ1) is 21.7. The minimum atomic E-state index is -0.207. The standard InChI is InChI=1S/C31H20N6O2/c1-17-11-12-19-13-14-21-24(18-7-3-2-4-8-18)25-30-35-29(22-15-20-9-5-6-10-23(20)38-28(22)32)36-37(30)16-33-31(25)39-27(21)26(19)34-17/h2-16,24,32H,1H3. The van der Waals surface area contributed by atoms with Crippen LogP contribution in [0, 0.1) is 12.3 Å². The van der Waals surface area contributed by atoms with E-state index in [-0.39, 0.29) is 11.5 Å². The number of aromatic nitrogens is 5. The second-order valence-electron chi connectivity index (χ2n) is 9.65. The van der Waals surface area contributed by atoms with Gasteiger partial charge < -0.3 is 9.15 Å². The third-order valence-corrected chi connectivity index (χ3v) is 7.22. The summed E-state index contributed by atoms with van der Waals surface area (Å²) < 4.78 is 13.9. The number of aryl methyl sites for hydroxylation is 1. The molecule has 7 aromatic rings. The zero-order valence-electron chi connectivity index (χ0n) is 20.8. The third kappa shape index (κ3) is 3.28. The van der Waals surface area contributed by atoms with Gasteiger partial charge in [-0.3, -0.25) is 5.41 Å². The predicted molar refractivity (Wildman–Crippen MR) is 146 cm³/mol. The number of benzene rings is 3. The van der Waals surface area contributed by atoms with Gasteiger partial charge in [0.25, 0.3) is 0 Å². The van der Waals surface area contributed by atoms with Crippen molar-refractivity contribution in [1.82, 2.24) is 24.6 Å². The van der Waals surface area contributed by atoms with Crippen LogP contribution in [-0.2, 0) is 0 Å². The second-order valence-corrected chi connectivity index (χ2v) is 9.65. The Hall–Kier alpha value is -5.37. The summed E-state index contributed by atoms with van der Waals surface area (Å²) in [7, 11) is 0. The Labute approximate surface area is 221 Å². The third-order valence-electron chi connectivity index (χ3n) is 7.22. The van der Waals surface area contributed by atoms with Crippen LogP contribution in [0.1, 0.15) is 28.3 Å². The zero-order valence-corrected chi connectivity index (χ0v) is 20.8. The van der Waals surface area contributed by atoms with Gasteiger partial charge in [0, 0.05) is 27.9 Å². The predicted octanol–water partition coefficient (Wildman–Crippen LogP) is 6.16. The Bertz CT molecular complexity index is 2150. The molecular formula is C31H20N6O2. The lowest BCUT2D eigenvalue weighted by Gasteiger charge is -2.28. The molecule has 1 N–H and O–H groups in total. The zero-order chi connectivity index (χ0) is 26.1. The van der Waals surface area contributed by atoms with Gasteiger partial charge >= 0.3 is 0 Å². The minimum Gasteiger partial charge on any atom is -0.438 e. The molecule has 0 spiro atoms. The molecule has 1 aliphatic heterocycles. The van der Waals surface area contributed by atoms with E-state index in [0.29, 0.717) is 34.2 Å². The molecule has 186 valence electrons. The number of rotatable bonds is 2. The van der Waals surface area contributed by atoms with Crippen molar-refractivity contribution < 1.29 is 9.15 Å². The number of nitrogens with zero attached hydrogens (tertiary/aromatic N) is 5. The van der Waals surface area contributed by atoms with Gasteiger partial charge in [0.05, 0.1) is 11.1 Å². The minimum absolute atomic E-state index is 0.000511. The molecule has 0 saturated carbocycles. The van der Waals surface area contributed by atoms with Crippen molar-refractivity contribution in [3.8, 4) is 23.0 Å². The summed E-state index contributed by atoms with van der Waals surface area (Å²) in [6.07, 6.45) is 1.60. The van der Waals surface area contributed by atoms with E-state index in [9.17, 15) is 0 Å². The molecule has 0 fully saturated rings. The molecule has 5 heterocycles. The molecular weight excluding hydrogens is 488 g/mol. The maximum Gasteiger partial charge on any atom is 0.228 e. The van der Waals surface area contributed by atoms with Crippen LogP contribution in [0.25, 0.3) is 38.9 Å². The highest BCUT2D eigenvalue weighted by atomic mass is 16.5. The number of fused-ring (bicyclic) bond motifs is 7. The van der Waals surface area contributed by atoms with Gasteiger partial charge in [0.1, 0.15) is 17.4 Å². The summed E-state index contributed by atoms with van der Waals surface area (Å²) in [5.74, 6) is 1.35. The number of hydrogen-bond acceptors (Lipinski definition) is 7. The molecule has 1 aliphatic rings. The van der Waals surface area contributed by atoms with Crippen LogP contribution in [-0.4, -0.2) is 24.6 Å². The van der Waals surface area contributed by atoms with Crippen LogP contribution in [0.4, 0.5) is 0 Å². The summed E-state index contributed by atoms with van der Waals surface area (Å²) >= 11 is 0. The maximum absolute atomic E-state index is 8.51. The lowest BCUT2D eigenvalue weighted by atomic mass is 9.83. The number of ether oxygens (including phenoxy) is 1. The first-order valence-corrected chi connectivity index (χ1v) is 12.6. The van der Waals surface area contributed by atoms with Crippen molar-refractivity contribution in [2.24, 2.45) is 0 Å². The molecule has 39 heavy (non-hydrogen) atoms. The highest BCUT2D eigenvalue weighted by molar-refractivity contribution is 5.88. The van der Waals surface area contributed by atoms with Crippen molar-refractivity contribution in [2.45, 2.75) is 12.8 Å². The monoisotopic (exact) mass is 508 g/mol. The molecule has 8 rings (SSSR count). The fourth-order valence-electron chi connectivity index (χ4n) is 5.41. The van der Waals surface area contributed by atoms with Gasteiger partial charge in [-0.15, -0.1) is 5.10 Å². The average Bonchev–Trinajstić information content (AvgIpc) is 3.40. The molecule has 0 radical (unpaired) electrons. The van der Waals surface area contributed by atoms with Crippen molar-refractivity contribution in [3.05, 3.63) is 119 Å². The van der Waals surface area contributed by atoms with Crippen LogP contribution < -0.4 is 10.3 Å². The van der Waals surface area contributed by atoms with Gasteiger partial charge in [-0.1, -0.05) is 66.7 Å². The largest absolute Gasteiger partial charge is 0.438 e. The number of para-hydroxylation sites is 1. The number of nitrogens with one attached hydrogen (secondary N) is 1. The lowest BCUT2D eigenvalue weighted by molar-refractivity contribution is 0.436. The van der Waals surface area contributed by atoms with E-state index in [1.807, 2.05) is 61.5 Å². The molecule has 8 heteroatoms. The van der Waals surface area contributed by atoms with Gasteiger partial charge in [-0.2, -0.15) is 0 Å². The Morgan fingerprint density at radius 2 is 1.69 bits per heavy atom. The van der Waals surface area contributed by atoms with Crippen molar-refractivity contribution in [1.29, 1.82) is 5.41 Å². The maximum atomic E-state index is 8.51. The highest BCUT2D eigenvalue weighted by Crippen LogP contribution is 2.49. The SMILES string of the molecule is Cc1ccc2ccc3c(c2n1)Oc1ncn2nc(-c4cc5ccccc5oc4=N)nc2c1C3c1ccccc1. The normalized spacial score (nSPS) is 14.3. The van der Waals surface area contributed by atoms with E-state index in [4.69, 9.17) is 29.6 Å². The average molecular weight is 509 g/mol. The van der Waals surface area contributed by atoms with Gasteiger partial charge in [0.15, 0.2) is 17.2 Å². The number of hydrogen-bond donors (Lipinski definition) is 1. The molecule has 3 aromatic carbocycles. The smallest absolute Gasteiger partial charge is 0.228 e. The van der Waals surface area contributed by atoms with Gasteiger partial charge in [-0.05, 0) is 30.7 Å². The van der Waals surface area contributed by atoms with Crippen molar-refractivity contribution in [3.63, 3.8) is 0 Å². The molecule has 0 bridgehead atoms. The van der Waals surface area contributed by atoms with E-state index in [1.54, 1.807) is 10.8 Å². The van der Waals surface area contributed by atoms with E-state index in [0.717, 1.165) is 38.7 Å². The quantitative estimate of drug-likeness (QED) is 0.300. The van der Waals surface area contributed by atoms with Crippen LogP contribution in [0.2, 0.25) is 0 Å². The summed E-state index contributed by atoms with van der Waals surface area (Å²) in [5, 5.41) is 15.1. The van der Waals surface area contributed by atoms with Crippen LogP contribution in [0.5, 0.6) is 11.6 Å². The summed E-state index contributed by atoms with van der Waals surface area (Å²) in [6, 6.07) is 28.0. The molecule has 8 nitrogen and oxygen atoms in total. The molecule has 0 amide bonds. The van der Waals surface area contributed by atoms with E-state index < -0.39 is 0 Å². The molecule has 0 aliphatic carbocycles. The Balaban J connectivity index is 1.39. The fraction of sp³-hybridized carbons (Fsp3) is 0.0645. The van der Waals surface area contributed by atoms with E-state index in [2.05, 4.69) is 35.3 Å². The Morgan fingerprint density at radius 1 is 0.872 bits per heavy atom. The topological polar surface area (TPSA) is 102 Å². The van der Waals surface area contributed by atoms with Crippen LogP contribution in [0.15, 0.2) is 95.7 Å². The molecule has 0 saturated heterocycles. The number of pyridine rings is 1. The second kappa shape index (κ2) is 8.06. The van der Waals surface area contributed by atoms with Crippen LogP contribution in [0.3, 0.4) is 0 Å². The van der Waals surface area contributed by atoms with Crippen molar-refractivity contribution >= 4 is 27.5 Å². The fourth-order valence-corrected chi connectivity index (χ4v) is 5.41. The molecule has 1 unspecified atom stereocenters. The molecule has 4 aromatic heterocycles. The Kier molecular flexibility index (Phi) is 4.48. The summed E-state index contributed by atoms with van der Waals surface area (Å²) in [5.41, 5.74) is 6.35. The summed E-state index contributed by atoms with van der Waals surface area (Å²) in [4.78, 5) is 14.4. The van der Waals surface area contributed by atoms with Crippen molar-refractivity contribution in [2.75, 3.05) is 0 Å². The summed E-state index contributed by atoms with van der Waals surface area (Å²) in [6.45, 7) is 1.98. The van der Waals surface area contributed by atoms with Crippen LogP contribution >= 0.6 is 0 Å². The van der Waals surface area contributed by atoms with E-state index in [1.165, 1.54) is 0 Å². The van der Waals surface area contributed by atoms with Gasteiger partial charge in [0.2, 0.25) is 11.4 Å². The van der Waals surface area contributed by atoms with E-state index >= 15 is 0 Å². The molecule has 1 atom stereocenters. The first-order valence-electron chi connectivity index (χ1n) is 12.6. The van der Waals surface area contributed by atoms with Gasteiger partial charge in [-0.25, -0.2) is 19.5 Å². The highest BCUT2D eigenvalue weighted by Gasteiger charge is 2.34.